The van der Waals surface area contributed by atoms with Gasteiger partial charge in [-0.25, -0.2) is 10.3 Å². The number of rotatable bonds is 5. The van der Waals surface area contributed by atoms with E-state index in [1.54, 1.807) is 6.92 Å². The molecule has 18 heavy (non-hydrogen) atoms. The molecule has 1 rings (SSSR count). The standard InChI is InChI=1S/C10H18N2O6/c1-7(11-9(14)16-2)5-10(6-8(13)12-15)17-3-4-18-10/h7,15H,3-6H2,1-2H3,(H,11,14)(H,12,13). The van der Waals surface area contributed by atoms with Crippen LogP contribution in [0.1, 0.15) is 19.8 Å². The van der Waals surface area contributed by atoms with Crippen molar-refractivity contribution < 1.29 is 29.0 Å². The van der Waals surface area contributed by atoms with E-state index in [-0.39, 0.29) is 18.9 Å². The fraction of sp³-hybridized carbons (Fsp3) is 0.800. The molecule has 0 aromatic heterocycles. The van der Waals surface area contributed by atoms with Crippen LogP contribution in [-0.4, -0.2) is 49.4 Å². The lowest BCUT2D eigenvalue weighted by Gasteiger charge is -2.29. The molecule has 8 nitrogen and oxygen atoms in total. The van der Waals surface area contributed by atoms with Crippen molar-refractivity contribution in [3.63, 3.8) is 0 Å². The molecule has 1 aliphatic heterocycles. The zero-order valence-electron chi connectivity index (χ0n) is 10.4. The number of nitrogens with one attached hydrogen (secondary N) is 2. The molecule has 0 spiro atoms. The van der Waals surface area contributed by atoms with Crippen molar-refractivity contribution >= 4 is 12.0 Å². The van der Waals surface area contributed by atoms with Crippen molar-refractivity contribution in [1.29, 1.82) is 0 Å². The molecule has 1 unspecified atom stereocenters. The van der Waals surface area contributed by atoms with Gasteiger partial charge in [0.05, 0.1) is 26.7 Å². The molecule has 0 saturated carbocycles. The van der Waals surface area contributed by atoms with Gasteiger partial charge in [-0.1, -0.05) is 0 Å². The second-order valence-electron chi connectivity index (χ2n) is 4.06. The molecule has 1 aliphatic rings. The summed E-state index contributed by atoms with van der Waals surface area (Å²) in [6.45, 7) is 2.47. The van der Waals surface area contributed by atoms with E-state index in [0.29, 0.717) is 13.2 Å². The fourth-order valence-electron chi connectivity index (χ4n) is 1.85. The Labute approximate surface area is 105 Å². The van der Waals surface area contributed by atoms with Crippen LogP contribution in [0.2, 0.25) is 0 Å². The summed E-state index contributed by atoms with van der Waals surface area (Å²) in [6, 6.07) is -0.304. The maximum absolute atomic E-state index is 11.2. The summed E-state index contributed by atoms with van der Waals surface area (Å²) in [7, 11) is 1.26. The van der Waals surface area contributed by atoms with Crippen molar-refractivity contribution in [3.05, 3.63) is 0 Å². The molecule has 0 radical (unpaired) electrons. The molecular formula is C10H18N2O6. The second kappa shape index (κ2) is 6.53. The summed E-state index contributed by atoms with van der Waals surface area (Å²) in [5.74, 6) is -1.73. The number of carbonyl (C=O) groups is 2. The minimum atomic E-state index is -1.12. The van der Waals surface area contributed by atoms with E-state index in [4.69, 9.17) is 14.7 Å². The minimum Gasteiger partial charge on any atom is -0.453 e. The van der Waals surface area contributed by atoms with Gasteiger partial charge in [-0.05, 0) is 6.92 Å². The van der Waals surface area contributed by atoms with Crippen LogP contribution in [0, 0.1) is 0 Å². The maximum Gasteiger partial charge on any atom is 0.407 e. The Balaban J connectivity index is 2.56. The first kappa shape index (κ1) is 14.7. The van der Waals surface area contributed by atoms with Gasteiger partial charge in [-0.2, -0.15) is 0 Å². The van der Waals surface area contributed by atoms with Gasteiger partial charge in [0.25, 0.3) is 0 Å². The molecule has 0 bridgehead atoms. The van der Waals surface area contributed by atoms with Gasteiger partial charge >= 0.3 is 6.09 Å². The predicted molar refractivity (Wildman–Crippen MR) is 58.8 cm³/mol. The average molecular weight is 262 g/mol. The highest BCUT2D eigenvalue weighted by molar-refractivity contribution is 5.75. The third-order valence-electron chi connectivity index (χ3n) is 2.53. The monoisotopic (exact) mass is 262 g/mol. The minimum absolute atomic E-state index is 0.142. The molecule has 1 heterocycles. The van der Waals surface area contributed by atoms with E-state index < -0.39 is 17.8 Å². The Morgan fingerprint density at radius 3 is 2.56 bits per heavy atom. The van der Waals surface area contributed by atoms with Crippen molar-refractivity contribution in [3.8, 4) is 0 Å². The number of hydroxylamine groups is 1. The Morgan fingerprint density at radius 1 is 1.44 bits per heavy atom. The second-order valence-corrected chi connectivity index (χ2v) is 4.06. The van der Waals surface area contributed by atoms with Gasteiger partial charge < -0.3 is 19.5 Å². The number of amides is 2. The first-order valence-electron chi connectivity index (χ1n) is 5.56. The molecule has 2 amide bonds. The Kier molecular flexibility index (Phi) is 5.32. The van der Waals surface area contributed by atoms with E-state index in [1.807, 2.05) is 0 Å². The first-order chi connectivity index (χ1) is 8.51. The van der Waals surface area contributed by atoms with Crippen LogP contribution in [0.4, 0.5) is 4.79 Å². The summed E-state index contributed by atoms with van der Waals surface area (Å²) in [4.78, 5) is 22.2. The van der Waals surface area contributed by atoms with Crippen LogP contribution < -0.4 is 10.8 Å². The molecule has 0 aromatic rings. The lowest BCUT2D eigenvalue weighted by molar-refractivity contribution is -0.179. The number of alkyl carbamates (subject to hydrolysis) is 1. The maximum atomic E-state index is 11.2. The highest BCUT2D eigenvalue weighted by atomic mass is 16.7. The van der Waals surface area contributed by atoms with Gasteiger partial charge in [0.15, 0.2) is 5.79 Å². The van der Waals surface area contributed by atoms with Crippen LogP contribution in [0.15, 0.2) is 0 Å². The summed E-state index contributed by atoms with van der Waals surface area (Å²) in [5.41, 5.74) is 1.53. The van der Waals surface area contributed by atoms with Crippen LogP contribution in [0.3, 0.4) is 0 Å². The third-order valence-corrected chi connectivity index (χ3v) is 2.53. The SMILES string of the molecule is COC(=O)NC(C)CC1(CC(=O)NO)OCCO1. The average Bonchev–Trinajstić information content (AvgIpc) is 2.76. The molecule has 1 saturated heterocycles. The topological polar surface area (TPSA) is 106 Å². The van der Waals surface area contributed by atoms with Crippen LogP contribution in [0.5, 0.6) is 0 Å². The highest BCUT2D eigenvalue weighted by Crippen LogP contribution is 2.28. The van der Waals surface area contributed by atoms with Gasteiger partial charge in [-0.3, -0.25) is 10.0 Å². The third kappa shape index (κ3) is 4.13. The first-order valence-corrected chi connectivity index (χ1v) is 5.56. The highest BCUT2D eigenvalue weighted by Gasteiger charge is 2.40. The summed E-state index contributed by atoms with van der Waals surface area (Å²) < 4.78 is 15.3. The molecule has 3 N–H and O–H groups in total. The Morgan fingerprint density at radius 2 is 2.06 bits per heavy atom. The van der Waals surface area contributed by atoms with Crippen LogP contribution in [0.25, 0.3) is 0 Å². The molecule has 104 valence electrons. The number of methoxy groups -OCH3 is 1. The molecule has 0 aliphatic carbocycles. The summed E-state index contributed by atoms with van der Waals surface area (Å²) >= 11 is 0. The van der Waals surface area contributed by atoms with E-state index in [0.717, 1.165) is 0 Å². The summed E-state index contributed by atoms with van der Waals surface area (Å²) in [6.07, 6.45) is -0.436. The van der Waals surface area contributed by atoms with Gasteiger partial charge in [0.2, 0.25) is 5.91 Å². The predicted octanol–water partition coefficient (Wildman–Crippen LogP) is -0.240. The van der Waals surface area contributed by atoms with E-state index in [9.17, 15) is 9.59 Å². The number of carbonyl (C=O) groups excluding carboxylic acids is 2. The fourth-order valence-corrected chi connectivity index (χ4v) is 1.85. The lowest BCUT2D eigenvalue weighted by atomic mass is 10.0. The van der Waals surface area contributed by atoms with Crippen molar-refractivity contribution in [1.82, 2.24) is 10.8 Å². The Bertz CT molecular complexity index is 303. The van der Waals surface area contributed by atoms with Gasteiger partial charge in [0, 0.05) is 12.5 Å². The van der Waals surface area contributed by atoms with Gasteiger partial charge in [-0.15, -0.1) is 0 Å². The molecule has 1 atom stereocenters. The quantitative estimate of drug-likeness (QED) is 0.466. The van der Waals surface area contributed by atoms with E-state index >= 15 is 0 Å². The van der Waals surface area contributed by atoms with Crippen LogP contribution >= 0.6 is 0 Å². The zero-order valence-corrected chi connectivity index (χ0v) is 10.4. The molecule has 1 fully saturated rings. The molecule has 0 aromatic carbocycles. The Hall–Kier alpha value is -1.38. The van der Waals surface area contributed by atoms with Gasteiger partial charge in [0.1, 0.15) is 0 Å². The number of hydrogen-bond donors (Lipinski definition) is 3. The smallest absolute Gasteiger partial charge is 0.407 e. The van der Waals surface area contributed by atoms with E-state index in [1.165, 1.54) is 12.6 Å². The lowest BCUT2D eigenvalue weighted by Crippen LogP contribution is -2.44. The number of ether oxygens (including phenoxy) is 3. The summed E-state index contributed by atoms with van der Waals surface area (Å²) in [5, 5.41) is 11.1. The largest absolute Gasteiger partial charge is 0.453 e. The molecule has 8 heteroatoms. The van der Waals surface area contributed by atoms with Crippen LogP contribution in [-0.2, 0) is 19.0 Å². The molecular weight excluding hydrogens is 244 g/mol. The number of hydrogen-bond acceptors (Lipinski definition) is 6. The van der Waals surface area contributed by atoms with E-state index in [2.05, 4.69) is 10.1 Å². The van der Waals surface area contributed by atoms with Crippen molar-refractivity contribution in [2.24, 2.45) is 0 Å². The zero-order chi connectivity index (χ0) is 13.6. The normalized spacial score (nSPS) is 19.1. The van der Waals surface area contributed by atoms with Crippen molar-refractivity contribution in [2.45, 2.75) is 31.6 Å². The van der Waals surface area contributed by atoms with Crippen molar-refractivity contribution in [2.75, 3.05) is 20.3 Å².